The maximum atomic E-state index is 12.8. The predicted octanol–water partition coefficient (Wildman–Crippen LogP) is 6.40. The number of rotatable bonds is 9. The number of hydrogen-bond donors (Lipinski definition) is 4. The molecule has 0 radical (unpaired) electrons. The number of carbonyl (C=O) groups excluding carboxylic acids is 4. The van der Waals surface area contributed by atoms with E-state index >= 15 is 0 Å². The quantitative estimate of drug-likeness (QED) is 0.190. The van der Waals surface area contributed by atoms with Gasteiger partial charge < -0.3 is 31.1 Å². The number of anilines is 3. The van der Waals surface area contributed by atoms with Crippen molar-refractivity contribution in [3.63, 3.8) is 0 Å². The molecule has 53 heavy (non-hydrogen) atoms. The van der Waals surface area contributed by atoms with Gasteiger partial charge in [0.25, 0.3) is 11.8 Å². The van der Waals surface area contributed by atoms with Crippen molar-refractivity contribution in [1.29, 1.82) is 0 Å². The van der Waals surface area contributed by atoms with Gasteiger partial charge in [-0.2, -0.15) is 0 Å². The summed E-state index contributed by atoms with van der Waals surface area (Å²) >= 11 is 0. The molecule has 3 aliphatic rings. The van der Waals surface area contributed by atoms with Gasteiger partial charge in [0.15, 0.2) is 0 Å². The van der Waals surface area contributed by atoms with Gasteiger partial charge in [-0.3, -0.25) is 19.2 Å². The first kappa shape index (κ1) is 37.6. The minimum absolute atomic E-state index is 0.0321. The average Bonchev–Trinajstić information content (AvgIpc) is 3.17. The number of nitrogens with one attached hydrogen (secondary N) is 4. The Morgan fingerprint density at radius 3 is 1.81 bits per heavy atom. The Morgan fingerprint density at radius 2 is 1.23 bits per heavy atom. The van der Waals surface area contributed by atoms with Gasteiger partial charge in [-0.1, -0.05) is 56.2 Å². The molecular formula is C43H52N6O4. The summed E-state index contributed by atoms with van der Waals surface area (Å²) in [4.78, 5) is 54.6. The number of amides is 4. The van der Waals surface area contributed by atoms with Gasteiger partial charge in [-0.25, -0.2) is 0 Å². The average molecular weight is 717 g/mol. The molecule has 3 aromatic rings. The second-order valence-corrected chi connectivity index (χ2v) is 14.5. The summed E-state index contributed by atoms with van der Waals surface area (Å²) in [6, 6.07) is 24.3. The van der Waals surface area contributed by atoms with E-state index in [-0.39, 0.29) is 60.4 Å². The van der Waals surface area contributed by atoms with Crippen LogP contribution in [0.3, 0.4) is 0 Å². The Bertz CT molecular complexity index is 1860. The van der Waals surface area contributed by atoms with Crippen LogP contribution in [0.5, 0.6) is 0 Å². The van der Waals surface area contributed by atoms with Crippen molar-refractivity contribution < 1.29 is 19.2 Å². The van der Waals surface area contributed by atoms with Crippen LogP contribution < -0.4 is 31.1 Å². The van der Waals surface area contributed by atoms with Crippen LogP contribution in [0.4, 0.5) is 17.1 Å². The van der Waals surface area contributed by atoms with Gasteiger partial charge in [0, 0.05) is 65.7 Å². The fraction of sp³-hybridized carbons (Fsp3) is 0.442. The molecule has 1 fully saturated rings. The molecule has 0 aromatic heterocycles. The SMILES string of the molecule is CCC(=O)N1c2ccccc2[C@H](Nc2ccc(C(=O)NCC#CC(=O)NC3CCC(N[C@@H]4C[C@H](C)N(C(=O)CC)c5ccccc54)CC3)cc2)C[C@@H]1C. The van der Waals surface area contributed by atoms with Crippen molar-refractivity contribution in [1.82, 2.24) is 16.0 Å². The van der Waals surface area contributed by atoms with E-state index in [1.807, 2.05) is 72.2 Å². The third-order valence-corrected chi connectivity index (χ3v) is 10.8. The molecule has 0 bridgehead atoms. The minimum atomic E-state index is -0.331. The van der Waals surface area contributed by atoms with Gasteiger partial charge in [0.2, 0.25) is 11.8 Å². The number of para-hydroxylation sites is 2. The number of benzene rings is 3. The molecule has 2 aliphatic heterocycles. The van der Waals surface area contributed by atoms with Crippen LogP contribution in [0.25, 0.3) is 0 Å². The van der Waals surface area contributed by atoms with E-state index in [1.165, 1.54) is 5.56 Å². The van der Waals surface area contributed by atoms with E-state index in [1.54, 1.807) is 12.1 Å². The summed E-state index contributed by atoms with van der Waals surface area (Å²) in [6.07, 6.45) is 6.19. The van der Waals surface area contributed by atoms with Crippen LogP contribution in [0.2, 0.25) is 0 Å². The van der Waals surface area contributed by atoms with Crippen molar-refractivity contribution >= 4 is 40.7 Å². The molecule has 0 unspecified atom stereocenters. The van der Waals surface area contributed by atoms with Crippen molar-refractivity contribution in [2.75, 3.05) is 21.7 Å². The van der Waals surface area contributed by atoms with Crippen LogP contribution >= 0.6 is 0 Å². The maximum absolute atomic E-state index is 12.8. The van der Waals surface area contributed by atoms with Crippen LogP contribution in [-0.4, -0.2) is 54.3 Å². The molecule has 1 aliphatic carbocycles. The predicted molar refractivity (Wildman–Crippen MR) is 210 cm³/mol. The summed E-state index contributed by atoms with van der Waals surface area (Å²) in [7, 11) is 0. The Morgan fingerprint density at radius 1 is 0.698 bits per heavy atom. The highest BCUT2D eigenvalue weighted by atomic mass is 16.2. The highest BCUT2D eigenvalue weighted by Crippen LogP contribution is 2.40. The van der Waals surface area contributed by atoms with E-state index in [9.17, 15) is 19.2 Å². The molecule has 10 heteroatoms. The zero-order chi connectivity index (χ0) is 37.5. The molecule has 0 saturated heterocycles. The van der Waals surface area contributed by atoms with Crippen LogP contribution in [0, 0.1) is 11.8 Å². The van der Waals surface area contributed by atoms with Crippen molar-refractivity contribution in [3.8, 4) is 11.8 Å². The third kappa shape index (κ3) is 8.74. The fourth-order valence-electron chi connectivity index (χ4n) is 8.20. The standard InChI is InChI=1S/C43H52N6O4/c1-5-41(51)48-28(3)26-36(34-12-7-9-14-38(34)48)45-31-19-17-30(18-20-31)43(53)44-25-11-16-40(50)47-33-23-21-32(22-24-33)46-37-27-29(4)49(42(52)6-2)39-15-10-8-13-35(37)39/h7-10,12-15,17-20,28-29,32-33,36-37,45-46H,5-6,21-27H2,1-4H3,(H,44,53)(H,47,50)/t28-,29-,32?,33?,36+,37+/m0/s1. The second-order valence-electron chi connectivity index (χ2n) is 14.5. The molecule has 278 valence electrons. The smallest absolute Gasteiger partial charge is 0.296 e. The molecule has 4 N–H and O–H groups in total. The van der Waals surface area contributed by atoms with E-state index in [0.29, 0.717) is 24.4 Å². The van der Waals surface area contributed by atoms with E-state index < -0.39 is 0 Å². The van der Waals surface area contributed by atoms with Crippen molar-refractivity contribution in [2.24, 2.45) is 0 Å². The Kier molecular flexibility index (Phi) is 12.2. The molecule has 4 atom stereocenters. The molecule has 1 saturated carbocycles. The largest absolute Gasteiger partial charge is 0.378 e. The highest BCUT2D eigenvalue weighted by Gasteiger charge is 2.35. The summed E-state index contributed by atoms with van der Waals surface area (Å²) in [5.41, 5.74) is 5.59. The lowest BCUT2D eigenvalue weighted by Crippen LogP contribution is -2.48. The van der Waals surface area contributed by atoms with Crippen LogP contribution in [0.1, 0.15) is 113 Å². The lowest BCUT2D eigenvalue weighted by molar-refractivity contribution is -0.119. The molecule has 4 amide bonds. The van der Waals surface area contributed by atoms with E-state index in [4.69, 9.17) is 0 Å². The molecular weight excluding hydrogens is 665 g/mol. The summed E-state index contributed by atoms with van der Waals surface area (Å²) in [5.74, 6) is 5.10. The third-order valence-electron chi connectivity index (χ3n) is 10.8. The second kappa shape index (κ2) is 17.1. The first-order chi connectivity index (χ1) is 25.7. The normalized spacial score (nSPS) is 23.4. The molecule has 0 spiro atoms. The van der Waals surface area contributed by atoms with Gasteiger partial charge in [0.1, 0.15) is 0 Å². The highest BCUT2D eigenvalue weighted by molar-refractivity contribution is 5.97. The Hall–Kier alpha value is -5.14. The lowest BCUT2D eigenvalue weighted by Gasteiger charge is -2.41. The number of hydrogen-bond acceptors (Lipinski definition) is 6. The maximum Gasteiger partial charge on any atom is 0.296 e. The zero-order valence-electron chi connectivity index (χ0n) is 31.3. The molecule has 2 heterocycles. The number of fused-ring (bicyclic) bond motifs is 2. The summed E-state index contributed by atoms with van der Waals surface area (Å²) < 4.78 is 0. The van der Waals surface area contributed by atoms with E-state index in [2.05, 4.69) is 59.1 Å². The van der Waals surface area contributed by atoms with E-state index in [0.717, 1.165) is 61.2 Å². The molecule has 3 aromatic carbocycles. The van der Waals surface area contributed by atoms with Gasteiger partial charge in [0.05, 0.1) is 12.6 Å². The monoisotopic (exact) mass is 716 g/mol. The van der Waals surface area contributed by atoms with Crippen molar-refractivity contribution in [3.05, 3.63) is 89.5 Å². The topological polar surface area (TPSA) is 123 Å². The van der Waals surface area contributed by atoms with Crippen LogP contribution in [-0.2, 0) is 14.4 Å². The number of carbonyl (C=O) groups is 4. The van der Waals surface area contributed by atoms with Crippen LogP contribution in [0.15, 0.2) is 72.8 Å². The Balaban J connectivity index is 0.933. The first-order valence-corrected chi connectivity index (χ1v) is 19.2. The molecule has 6 rings (SSSR count). The Labute approximate surface area is 313 Å². The van der Waals surface area contributed by atoms with Gasteiger partial charge >= 0.3 is 0 Å². The first-order valence-electron chi connectivity index (χ1n) is 19.2. The summed E-state index contributed by atoms with van der Waals surface area (Å²) in [5, 5.41) is 13.3. The van der Waals surface area contributed by atoms with Gasteiger partial charge in [-0.05, 0) is 106 Å². The fourth-order valence-corrected chi connectivity index (χ4v) is 8.20. The molecule has 10 nitrogen and oxygen atoms in total. The summed E-state index contributed by atoms with van der Waals surface area (Å²) in [6.45, 7) is 8.06. The zero-order valence-corrected chi connectivity index (χ0v) is 31.3. The lowest BCUT2D eigenvalue weighted by atomic mass is 9.87. The number of nitrogens with zero attached hydrogens (tertiary/aromatic N) is 2. The van der Waals surface area contributed by atoms with Gasteiger partial charge in [-0.15, -0.1) is 0 Å². The van der Waals surface area contributed by atoms with Crippen molar-refractivity contribution in [2.45, 2.75) is 115 Å². The minimum Gasteiger partial charge on any atom is -0.378 e.